The van der Waals surface area contributed by atoms with Gasteiger partial charge in [-0.25, -0.2) is 0 Å². The summed E-state index contributed by atoms with van der Waals surface area (Å²) in [6, 6.07) is 16.3. The predicted molar refractivity (Wildman–Crippen MR) is 109 cm³/mol. The van der Waals surface area contributed by atoms with Crippen molar-refractivity contribution in [2.75, 3.05) is 20.8 Å². The number of nitrogens with one attached hydrogen (secondary N) is 1. The van der Waals surface area contributed by atoms with Crippen molar-refractivity contribution in [1.29, 1.82) is 0 Å². The Morgan fingerprint density at radius 1 is 1.07 bits per heavy atom. The Labute approximate surface area is 166 Å². The molecule has 2 fully saturated rings. The Hall–Kier alpha value is -2.53. The maximum atomic E-state index is 13.2. The van der Waals surface area contributed by atoms with Gasteiger partial charge in [0, 0.05) is 23.7 Å². The highest BCUT2D eigenvalue weighted by molar-refractivity contribution is 5.84. The van der Waals surface area contributed by atoms with E-state index in [1.54, 1.807) is 14.2 Å². The van der Waals surface area contributed by atoms with Crippen LogP contribution >= 0.6 is 0 Å². The number of carbonyl (C=O) groups excluding carboxylic acids is 1. The summed E-state index contributed by atoms with van der Waals surface area (Å²) < 4.78 is 11.0. The molecule has 28 heavy (non-hydrogen) atoms. The van der Waals surface area contributed by atoms with Crippen LogP contribution in [0.3, 0.4) is 0 Å². The summed E-state index contributed by atoms with van der Waals surface area (Å²) in [5.74, 6) is 1.69. The van der Waals surface area contributed by atoms with Gasteiger partial charge in [-0.2, -0.15) is 0 Å². The summed E-state index contributed by atoms with van der Waals surface area (Å²) in [5, 5.41) is 3.22. The van der Waals surface area contributed by atoms with Gasteiger partial charge in [0.2, 0.25) is 5.91 Å². The van der Waals surface area contributed by atoms with Gasteiger partial charge in [-0.05, 0) is 43.9 Å². The average Bonchev–Trinajstić information content (AvgIpc) is 3.42. The molecular weight excluding hydrogens is 352 g/mol. The zero-order valence-corrected chi connectivity index (χ0v) is 16.6. The summed E-state index contributed by atoms with van der Waals surface area (Å²) in [6.07, 6.45) is 4.23. The van der Waals surface area contributed by atoms with E-state index in [0.717, 1.165) is 54.9 Å². The highest BCUT2D eigenvalue weighted by atomic mass is 16.5. The molecule has 5 nitrogen and oxygen atoms in total. The number of amides is 1. The number of hydrogen-bond donors (Lipinski definition) is 1. The molecule has 2 aromatic carbocycles. The number of methoxy groups -OCH3 is 2. The molecular formula is C23H28N2O3. The number of likely N-dealkylation sites (tertiary alicyclic amines) is 1. The Bertz CT molecular complexity index is 820. The van der Waals surface area contributed by atoms with E-state index in [0.29, 0.717) is 6.04 Å². The van der Waals surface area contributed by atoms with Gasteiger partial charge in [0.05, 0.1) is 14.2 Å². The lowest BCUT2D eigenvalue weighted by Crippen LogP contribution is -2.41. The van der Waals surface area contributed by atoms with Crippen molar-refractivity contribution in [3.63, 3.8) is 0 Å². The maximum Gasteiger partial charge on any atom is 0.242 e. The van der Waals surface area contributed by atoms with Crippen molar-refractivity contribution in [1.82, 2.24) is 10.2 Å². The number of rotatable bonds is 7. The summed E-state index contributed by atoms with van der Waals surface area (Å²) >= 11 is 0. The molecule has 1 aliphatic carbocycles. The van der Waals surface area contributed by atoms with Crippen LogP contribution in [0.25, 0.3) is 0 Å². The van der Waals surface area contributed by atoms with E-state index >= 15 is 0 Å². The molecule has 0 unspecified atom stereocenters. The third-order valence-corrected chi connectivity index (χ3v) is 5.71. The predicted octanol–water partition coefficient (Wildman–Crippen LogP) is 3.86. The van der Waals surface area contributed by atoms with Gasteiger partial charge in [0.25, 0.3) is 0 Å². The first-order chi connectivity index (χ1) is 13.7. The zero-order chi connectivity index (χ0) is 19.5. The van der Waals surface area contributed by atoms with Gasteiger partial charge in [0.15, 0.2) is 0 Å². The topological polar surface area (TPSA) is 50.8 Å². The van der Waals surface area contributed by atoms with E-state index in [2.05, 4.69) is 28.4 Å². The number of hydrogen-bond acceptors (Lipinski definition) is 4. The fourth-order valence-electron chi connectivity index (χ4n) is 4.16. The monoisotopic (exact) mass is 380 g/mol. The number of carbonyl (C=O) groups is 1. The third kappa shape index (κ3) is 3.85. The van der Waals surface area contributed by atoms with E-state index in [9.17, 15) is 4.79 Å². The zero-order valence-electron chi connectivity index (χ0n) is 16.6. The van der Waals surface area contributed by atoms with Crippen LogP contribution in [0.5, 0.6) is 11.5 Å². The quantitative estimate of drug-likeness (QED) is 0.792. The summed E-state index contributed by atoms with van der Waals surface area (Å²) in [5.41, 5.74) is 2.15. The molecule has 1 aliphatic heterocycles. The lowest BCUT2D eigenvalue weighted by atomic mass is 9.98. The van der Waals surface area contributed by atoms with Crippen LogP contribution in [0.4, 0.5) is 0 Å². The molecule has 4 rings (SSSR count). The maximum absolute atomic E-state index is 13.2. The van der Waals surface area contributed by atoms with Crippen LogP contribution < -0.4 is 14.8 Å². The molecule has 2 aromatic rings. The molecule has 1 amide bonds. The van der Waals surface area contributed by atoms with E-state index in [4.69, 9.17) is 9.47 Å². The van der Waals surface area contributed by atoms with Crippen molar-refractivity contribution in [3.05, 3.63) is 59.7 Å². The Morgan fingerprint density at radius 2 is 1.86 bits per heavy atom. The van der Waals surface area contributed by atoms with E-state index < -0.39 is 0 Å². The van der Waals surface area contributed by atoms with Crippen LogP contribution in [0.1, 0.15) is 48.9 Å². The summed E-state index contributed by atoms with van der Waals surface area (Å²) in [6.45, 7) is 0.886. The van der Waals surface area contributed by atoms with E-state index in [1.807, 2.05) is 30.3 Å². The van der Waals surface area contributed by atoms with Gasteiger partial charge in [-0.3, -0.25) is 9.69 Å². The van der Waals surface area contributed by atoms with Gasteiger partial charge in [0.1, 0.15) is 17.5 Å². The molecule has 0 aromatic heterocycles. The van der Waals surface area contributed by atoms with Crippen LogP contribution in [0.2, 0.25) is 0 Å². The van der Waals surface area contributed by atoms with Gasteiger partial charge in [-0.15, -0.1) is 0 Å². The van der Waals surface area contributed by atoms with Crippen molar-refractivity contribution in [2.24, 2.45) is 0 Å². The van der Waals surface area contributed by atoms with Gasteiger partial charge in [-0.1, -0.05) is 36.4 Å². The summed E-state index contributed by atoms with van der Waals surface area (Å²) in [4.78, 5) is 15.5. The first kappa shape index (κ1) is 18.8. The molecule has 1 saturated carbocycles. The number of ether oxygens (including phenoxy) is 2. The van der Waals surface area contributed by atoms with Crippen LogP contribution in [-0.2, 0) is 4.79 Å². The number of benzene rings is 2. The minimum absolute atomic E-state index is 0.105. The second kappa shape index (κ2) is 8.23. The van der Waals surface area contributed by atoms with Crippen molar-refractivity contribution in [2.45, 2.75) is 43.8 Å². The summed E-state index contributed by atoms with van der Waals surface area (Å²) in [7, 11) is 3.34. The lowest BCUT2D eigenvalue weighted by molar-refractivity contribution is -0.127. The molecule has 1 N–H and O–H groups in total. The SMILES string of the molecule is COc1ccc([C@@H]2CCCN2[C@H](C(=O)NC2CC2)c2ccccc2)c(OC)c1. The molecule has 5 heteroatoms. The van der Waals surface area contributed by atoms with Crippen molar-refractivity contribution < 1.29 is 14.3 Å². The molecule has 0 bridgehead atoms. The fourth-order valence-corrected chi connectivity index (χ4v) is 4.16. The van der Waals surface area contributed by atoms with Crippen LogP contribution in [0, 0.1) is 0 Å². The van der Waals surface area contributed by atoms with Crippen LogP contribution in [0.15, 0.2) is 48.5 Å². The molecule has 1 heterocycles. The highest BCUT2D eigenvalue weighted by Crippen LogP contribution is 2.43. The first-order valence-corrected chi connectivity index (χ1v) is 10.0. The smallest absolute Gasteiger partial charge is 0.242 e. The minimum Gasteiger partial charge on any atom is -0.497 e. The molecule has 2 atom stereocenters. The van der Waals surface area contributed by atoms with E-state index in [1.165, 1.54) is 0 Å². The molecule has 1 saturated heterocycles. The standard InChI is InChI=1S/C23H28N2O3/c1-27-18-12-13-19(21(15-18)28-2)20-9-6-14-25(20)22(16-7-4-3-5-8-16)23(26)24-17-10-11-17/h3-5,7-8,12-13,15,17,20,22H,6,9-11,14H2,1-2H3,(H,24,26)/t20-,22-/m0/s1. The van der Waals surface area contributed by atoms with Crippen molar-refractivity contribution >= 4 is 5.91 Å². The molecule has 148 valence electrons. The molecule has 0 radical (unpaired) electrons. The third-order valence-electron chi connectivity index (χ3n) is 5.71. The Morgan fingerprint density at radius 3 is 2.54 bits per heavy atom. The largest absolute Gasteiger partial charge is 0.497 e. The highest BCUT2D eigenvalue weighted by Gasteiger charge is 2.39. The lowest BCUT2D eigenvalue weighted by Gasteiger charge is -2.33. The van der Waals surface area contributed by atoms with Crippen LogP contribution in [-0.4, -0.2) is 37.6 Å². The fraction of sp³-hybridized carbons (Fsp3) is 0.435. The normalized spacial score (nSPS) is 20.6. The second-order valence-electron chi connectivity index (χ2n) is 7.60. The molecule has 0 spiro atoms. The van der Waals surface area contributed by atoms with Crippen molar-refractivity contribution in [3.8, 4) is 11.5 Å². The van der Waals surface area contributed by atoms with E-state index in [-0.39, 0.29) is 18.0 Å². The Balaban J connectivity index is 1.68. The minimum atomic E-state index is -0.291. The second-order valence-corrected chi connectivity index (χ2v) is 7.60. The average molecular weight is 380 g/mol. The Kier molecular flexibility index (Phi) is 5.53. The number of nitrogens with zero attached hydrogens (tertiary/aromatic N) is 1. The van der Waals surface area contributed by atoms with Gasteiger partial charge < -0.3 is 14.8 Å². The van der Waals surface area contributed by atoms with Gasteiger partial charge >= 0.3 is 0 Å². The molecule has 2 aliphatic rings. The first-order valence-electron chi connectivity index (χ1n) is 10.0.